The first kappa shape index (κ1) is 17.2. The van der Waals surface area contributed by atoms with Crippen LogP contribution in [0.1, 0.15) is 31.7 Å². The molecule has 1 fully saturated rings. The molecular formula is C16H24N4O3. The van der Waals surface area contributed by atoms with E-state index >= 15 is 0 Å². The zero-order valence-electron chi connectivity index (χ0n) is 13.5. The molecule has 1 aromatic carbocycles. The first-order chi connectivity index (χ1) is 11.1. The lowest BCUT2D eigenvalue weighted by molar-refractivity contribution is -0.384. The second-order valence-corrected chi connectivity index (χ2v) is 5.76. The van der Waals surface area contributed by atoms with Gasteiger partial charge in [0.1, 0.15) is 0 Å². The summed E-state index contributed by atoms with van der Waals surface area (Å²) in [6.45, 7) is 5.08. The molecule has 23 heavy (non-hydrogen) atoms. The SMILES string of the molecule is CCCN(C(=O)NCc1ccc([N+](=O)[O-])cc1)C1CCNCC1. The number of piperidine rings is 1. The van der Waals surface area contributed by atoms with Gasteiger partial charge < -0.3 is 15.5 Å². The van der Waals surface area contributed by atoms with Gasteiger partial charge in [-0.15, -0.1) is 0 Å². The van der Waals surface area contributed by atoms with Gasteiger partial charge in [-0.3, -0.25) is 10.1 Å². The normalized spacial score (nSPS) is 15.2. The number of nitrogens with zero attached hydrogens (tertiary/aromatic N) is 2. The molecule has 0 aliphatic carbocycles. The average Bonchev–Trinajstić information content (AvgIpc) is 2.58. The summed E-state index contributed by atoms with van der Waals surface area (Å²) < 4.78 is 0. The molecule has 0 unspecified atom stereocenters. The number of nitrogens with one attached hydrogen (secondary N) is 2. The summed E-state index contributed by atoms with van der Waals surface area (Å²) >= 11 is 0. The zero-order valence-corrected chi connectivity index (χ0v) is 13.5. The molecule has 7 nitrogen and oxygen atoms in total. The van der Waals surface area contributed by atoms with E-state index in [1.807, 2.05) is 4.90 Å². The number of rotatable bonds is 6. The Labute approximate surface area is 136 Å². The van der Waals surface area contributed by atoms with Gasteiger partial charge in [0.25, 0.3) is 5.69 Å². The fourth-order valence-corrected chi connectivity index (χ4v) is 2.82. The minimum Gasteiger partial charge on any atom is -0.334 e. The van der Waals surface area contributed by atoms with Crippen molar-refractivity contribution in [3.05, 3.63) is 39.9 Å². The second-order valence-electron chi connectivity index (χ2n) is 5.76. The van der Waals surface area contributed by atoms with Crippen molar-refractivity contribution in [1.29, 1.82) is 0 Å². The van der Waals surface area contributed by atoms with Crippen LogP contribution in [0.2, 0.25) is 0 Å². The molecule has 0 saturated carbocycles. The van der Waals surface area contributed by atoms with Crippen molar-refractivity contribution in [3.8, 4) is 0 Å². The highest BCUT2D eigenvalue weighted by atomic mass is 16.6. The van der Waals surface area contributed by atoms with Crippen molar-refractivity contribution in [1.82, 2.24) is 15.5 Å². The minimum atomic E-state index is -0.428. The van der Waals surface area contributed by atoms with Crippen LogP contribution in [0.3, 0.4) is 0 Å². The highest BCUT2D eigenvalue weighted by Crippen LogP contribution is 2.14. The van der Waals surface area contributed by atoms with Gasteiger partial charge >= 0.3 is 6.03 Å². The van der Waals surface area contributed by atoms with E-state index in [2.05, 4.69) is 17.6 Å². The zero-order chi connectivity index (χ0) is 16.7. The average molecular weight is 320 g/mol. The quantitative estimate of drug-likeness (QED) is 0.622. The highest BCUT2D eigenvalue weighted by molar-refractivity contribution is 5.74. The second kappa shape index (κ2) is 8.47. The van der Waals surface area contributed by atoms with E-state index in [9.17, 15) is 14.9 Å². The maximum atomic E-state index is 12.5. The molecule has 2 amide bonds. The molecule has 1 aliphatic heterocycles. The molecule has 1 heterocycles. The Morgan fingerprint density at radius 3 is 2.57 bits per heavy atom. The maximum Gasteiger partial charge on any atom is 0.317 e. The van der Waals surface area contributed by atoms with Gasteiger partial charge in [-0.05, 0) is 37.9 Å². The van der Waals surface area contributed by atoms with Crippen molar-refractivity contribution in [2.75, 3.05) is 19.6 Å². The van der Waals surface area contributed by atoms with E-state index in [-0.39, 0.29) is 17.8 Å². The number of urea groups is 1. The van der Waals surface area contributed by atoms with Crippen molar-refractivity contribution in [2.24, 2.45) is 0 Å². The number of nitro benzene ring substituents is 1. The van der Waals surface area contributed by atoms with Gasteiger partial charge in [0, 0.05) is 31.3 Å². The molecule has 1 aromatic rings. The number of hydrogen-bond donors (Lipinski definition) is 2. The Morgan fingerprint density at radius 2 is 2.00 bits per heavy atom. The number of non-ortho nitro benzene ring substituents is 1. The highest BCUT2D eigenvalue weighted by Gasteiger charge is 2.24. The third-order valence-corrected chi connectivity index (χ3v) is 4.07. The van der Waals surface area contributed by atoms with E-state index < -0.39 is 4.92 Å². The first-order valence-corrected chi connectivity index (χ1v) is 8.10. The fourth-order valence-electron chi connectivity index (χ4n) is 2.82. The standard InChI is InChI=1S/C16H24N4O3/c1-2-11-19(14-7-9-17-10-8-14)16(21)18-12-13-3-5-15(6-4-13)20(22)23/h3-6,14,17H,2,7-12H2,1H3,(H,18,21). The van der Waals surface area contributed by atoms with Crippen molar-refractivity contribution in [2.45, 2.75) is 38.8 Å². The Hall–Kier alpha value is -2.15. The van der Waals surface area contributed by atoms with Crippen LogP contribution in [0.25, 0.3) is 0 Å². The lowest BCUT2D eigenvalue weighted by Crippen LogP contribution is -2.50. The van der Waals surface area contributed by atoms with Crippen LogP contribution in [0.15, 0.2) is 24.3 Å². The van der Waals surface area contributed by atoms with Gasteiger partial charge in [-0.25, -0.2) is 4.79 Å². The van der Waals surface area contributed by atoms with E-state index in [4.69, 9.17) is 0 Å². The van der Waals surface area contributed by atoms with Crippen LogP contribution < -0.4 is 10.6 Å². The van der Waals surface area contributed by atoms with E-state index in [1.165, 1.54) is 12.1 Å². The minimum absolute atomic E-state index is 0.0578. The number of nitro groups is 1. The summed E-state index contributed by atoms with van der Waals surface area (Å²) in [5.74, 6) is 0. The first-order valence-electron chi connectivity index (χ1n) is 8.10. The summed E-state index contributed by atoms with van der Waals surface area (Å²) in [5, 5.41) is 16.9. The van der Waals surface area contributed by atoms with Crippen LogP contribution in [-0.4, -0.2) is 41.5 Å². The fraction of sp³-hybridized carbons (Fsp3) is 0.562. The predicted octanol–water partition coefficient (Wildman–Crippen LogP) is 2.27. The van der Waals surface area contributed by atoms with Crippen molar-refractivity contribution >= 4 is 11.7 Å². The molecule has 0 radical (unpaired) electrons. The van der Waals surface area contributed by atoms with E-state index in [1.54, 1.807) is 12.1 Å². The van der Waals surface area contributed by atoms with Gasteiger partial charge in [0.2, 0.25) is 0 Å². The largest absolute Gasteiger partial charge is 0.334 e. The number of carbonyl (C=O) groups excluding carboxylic acids is 1. The lowest BCUT2D eigenvalue weighted by atomic mass is 10.0. The molecule has 1 saturated heterocycles. The smallest absolute Gasteiger partial charge is 0.317 e. The Morgan fingerprint density at radius 1 is 1.35 bits per heavy atom. The Kier molecular flexibility index (Phi) is 6.34. The molecule has 2 N–H and O–H groups in total. The predicted molar refractivity (Wildman–Crippen MR) is 88.2 cm³/mol. The van der Waals surface area contributed by atoms with E-state index in [0.717, 1.165) is 44.5 Å². The third kappa shape index (κ3) is 4.92. The number of carbonyl (C=O) groups is 1. The third-order valence-electron chi connectivity index (χ3n) is 4.07. The number of amides is 2. The van der Waals surface area contributed by atoms with Crippen LogP contribution >= 0.6 is 0 Å². The van der Waals surface area contributed by atoms with Crippen LogP contribution in [0.5, 0.6) is 0 Å². The summed E-state index contributed by atoms with van der Waals surface area (Å²) in [6.07, 6.45) is 2.88. The lowest BCUT2D eigenvalue weighted by Gasteiger charge is -2.34. The van der Waals surface area contributed by atoms with Gasteiger partial charge in [0.15, 0.2) is 0 Å². The molecule has 7 heteroatoms. The van der Waals surface area contributed by atoms with Crippen LogP contribution in [0.4, 0.5) is 10.5 Å². The number of benzene rings is 1. The van der Waals surface area contributed by atoms with Crippen molar-refractivity contribution < 1.29 is 9.72 Å². The summed E-state index contributed by atoms with van der Waals surface area (Å²) in [5.41, 5.74) is 0.910. The summed E-state index contributed by atoms with van der Waals surface area (Å²) in [4.78, 5) is 24.6. The van der Waals surface area contributed by atoms with Crippen molar-refractivity contribution in [3.63, 3.8) is 0 Å². The maximum absolute atomic E-state index is 12.5. The summed E-state index contributed by atoms with van der Waals surface area (Å²) in [6, 6.07) is 6.49. The van der Waals surface area contributed by atoms with Crippen LogP contribution in [0, 0.1) is 10.1 Å². The Balaban J connectivity index is 1.91. The molecule has 0 spiro atoms. The van der Waals surface area contributed by atoms with Gasteiger partial charge in [0.05, 0.1) is 4.92 Å². The molecule has 1 aliphatic rings. The van der Waals surface area contributed by atoms with Gasteiger partial charge in [-0.2, -0.15) is 0 Å². The van der Waals surface area contributed by atoms with Gasteiger partial charge in [-0.1, -0.05) is 19.1 Å². The molecule has 0 atom stereocenters. The van der Waals surface area contributed by atoms with E-state index in [0.29, 0.717) is 6.54 Å². The molecule has 126 valence electrons. The molecular weight excluding hydrogens is 296 g/mol. The number of hydrogen-bond acceptors (Lipinski definition) is 4. The molecule has 0 aromatic heterocycles. The van der Waals surface area contributed by atoms with Crippen LogP contribution in [-0.2, 0) is 6.54 Å². The summed E-state index contributed by atoms with van der Waals surface area (Å²) in [7, 11) is 0. The topological polar surface area (TPSA) is 87.5 Å². The molecule has 2 rings (SSSR count). The molecule has 0 bridgehead atoms. The Bertz CT molecular complexity index is 527. The monoisotopic (exact) mass is 320 g/mol.